The Labute approximate surface area is 142 Å². The molecule has 25 heavy (non-hydrogen) atoms. The highest BCUT2D eigenvalue weighted by atomic mass is 19.2. The van der Waals surface area contributed by atoms with Crippen molar-refractivity contribution in [1.29, 1.82) is 0 Å². The zero-order valence-electron chi connectivity index (χ0n) is 13.4. The number of rotatable bonds is 3. The van der Waals surface area contributed by atoms with Crippen molar-refractivity contribution in [3.05, 3.63) is 35.7 Å². The maximum absolute atomic E-state index is 13.4. The summed E-state index contributed by atoms with van der Waals surface area (Å²) in [5.74, 6) is -1.26. The van der Waals surface area contributed by atoms with E-state index in [-0.39, 0.29) is 17.3 Å². The van der Waals surface area contributed by atoms with Gasteiger partial charge < -0.3 is 15.2 Å². The van der Waals surface area contributed by atoms with E-state index in [1.807, 2.05) is 0 Å². The monoisotopic (exact) mass is 349 g/mol. The van der Waals surface area contributed by atoms with Gasteiger partial charge in [0.25, 0.3) is 0 Å². The Hall–Kier alpha value is -2.39. The van der Waals surface area contributed by atoms with Crippen LogP contribution in [0.3, 0.4) is 0 Å². The fourth-order valence-corrected chi connectivity index (χ4v) is 3.28. The van der Waals surface area contributed by atoms with E-state index in [9.17, 15) is 13.6 Å². The Morgan fingerprint density at radius 2 is 2.12 bits per heavy atom. The van der Waals surface area contributed by atoms with Crippen molar-refractivity contribution < 1.29 is 18.1 Å². The molecule has 1 spiro atoms. The van der Waals surface area contributed by atoms with Gasteiger partial charge in [0, 0.05) is 38.2 Å². The minimum absolute atomic E-state index is 0.0389. The van der Waals surface area contributed by atoms with Gasteiger partial charge >= 0.3 is 0 Å². The van der Waals surface area contributed by atoms with Crippen molar-refractivity contribution in [3.63, 3.8) is 0 Å². The number of carbonyl (C=O) groups is 1. The van der Waals surface area contributed by atoms with Gasteiger partial charge in [0.1, 0.15) is 0 Å². The van der Waals surface area contributed by atoms with Crippen LogP contribution in [0.5, 0.6) is 0 Å². The van der Waals surface area contributed by atoms with Gasteiger partial charge in [0.15, 0.2) is 11.6 Å². The summed E-state index contributed by atoms with van der Waals surface area (Å²) in [6.07, 6.45) is 0.421. The number of amides is 1. The lowest BCUT2D eigenvalue weighted by atomic mass is 9.86. The van der Waals surface area contributed by atoms with Crippen LogP contribution in [-0.4, -0.2) is 52.7 Å². The van der Waals surface area contributed by atoms with E-state index in [1.165, 1.54) is 6.07 Å². The molecule has 132 valence electrons. The van der Waals surface area contributed by atoms with Crippen LogP contribution in [0.4, 0.5) is 8.78 Å². The summed E-state index contributed by atoms with van der Waals surface area (Å²) in [7, 11) is 0. The predicted octanol–water partition coefficient (Wildman–Crippen LogP) is 0.679. The van der Waals surface area contributed by atoms with Crippen molar-refractivity contribution in [2.75, 3.05) is 26.2 Å². The number of halogens is 2. The number of carbonyl (C=O) groups excluding carboxylic acids is 1. The molecule has 0 radical (unpaired) electrons. The van der Waals surface area contributed by atoms with E-state index in [0.717, 1.165) is 25.2 Å². The van der Waals surface area contributed by atoms with Crippen LogP contribution in [0.1, 0.15) is 12.3 Å². The van der Waals surface area contributed by atoms with E-state index in [1.54, 1.807) is 0 Å². The normalized spacial score (nSPS) is 20.2. The molecular weight excluding hydrogens is 332 g/mol. The molecule has 0 atom stereocenters. The van der Waals surface area contributed by atoms with Gasteiger partial charge in [-0.3, -0.25) is 9.69 Å². The molecule has 0 bridgehead atoms. The maximum atomic E-state index is 13.4. The highest BCUT2D eigenvalue weighted by Crippen LogP contribution is 2.28. The predicted molar refractivity (Wildman–Crippen MR) is 83.3 cm³/mol. The van der Waals surface area contributed by atoms with Crippen LogP contribution in [0.15, 0.2) is 22.7 Å². The van der Waals surface area contributed by atoms with Gasteiger partial charge in [-0.05, 0) is 18.2 Å². The summed E-state index contributed by atoms with van der Waals surface area (Å²) in [5, 5.41) is 9.94. The molecule has 2 fully saturated rings. The Morgan fingerprint density at radius 1 is 1.28 bits per heavy atom. The number of hydrogen-bond donors (Lipinski definition) is 2. The van der Waals surface area contributed by atoms with E-state index in [0.29, 0.717) is 37.5 Å². The first-order chi connectivity index (χ1) is 12.1. The third kappa shape index (κ3) is 3.00. The van der Waals surface area contributed by atoms with Gasteiger partial charge in [-0.2, -0.15) is 4.98 Å². The highest BCUT2D eigenvalue weighted by molar-refractivity contribution is 5.78. The first kappa shape index (κ1) is 16.1. The average Bonchev–Trinajstić information content (AvgIpc) is 2.94. The lowest BCUT2D eigenvalue weighted by molar-refractivity contribution is -0.123. The van der Waals surface area contributed by atoms with Gasteiger partial charge in [-0.1, -0.05) is 5.16 Å². The van der Waals surface area contributed by atoms with Crippen LogP contribution in [0.25, 0.3) is 11.4 Å². The molecule has 9 heteroatoms. The summed E-state index contributed by atoms with van der Waals surface area (Å²) in [5.41, 5.74) is 0.110. The van der Waals surface area contributed by atoms with Crippen LogP contribution >= 0.6 is 0 Å². The third-order valence-corrected chi connectivity index (χ3v) is 4.74. The average molecular weight is 349 g/mol. The van der Waals surface area contributed by atoms with Gasteiger partial charge in [0.05, 0.1) is 12.1 Å². The SMILES string of the molecule is O=C1CC2(CNC2)N(Cc2nc(-c3ccc(F)c(F)c3)no2)CCN1. The van der Waals surface area contributed by atoms with E-state index in [2.05, 4.69) is 25.7 Å². The molecule has 3 heterocycles. The van der Waals surface area contributed by atoms with Crippen LogP contribution in [0, 0.1) is 11.6 Å². The first-order valence-corrected chi connectivity index (χ1v) is 8.06. The molecule has 2 aromatic rings. The molecule has 4 rings (SSSR count). The third-order valence-electron chi connectivity index (χ3n) is 4.74. The molecule has 7 nitrogen and oxygen atoms in total. The molecule has 2 saturated heterocycles. The minimum Gasteiger partial charge on any atom is -0.355 e. The number of hydrogen-bond acceptors (Lipinski definition) is 6. The summed E-state index contributed by atoms with van der Waals surface area (Å²) in [6.45, 7) is 3.09. The molecule has 0 unspecified atom stereocenters. The van der Waals surface area contributed by atoms with Crippen molar-refractivity contribution >= 4 is 5.91 Å². The molecule has 2 N–H and O–H groups in total. The summed E-state index contributed by atoms with van der Waals surface area (Å²) < 4.78 is 31.7. The summed E-state index contributed by atoms with van der Waals surface area (Å²) in [6, 6.07) is 3.47. The highest BCUT2D eigenvalue weighted by Gasteiger charge is 2.45. The topological polar surface area (TPSA) is 83.3 Å². The lowest BCUT2D eigenvalue weighted by Crippen LogP contribution is -2.69. The second-order valence-corrected chi connectivity index (χ2v) is 6.42. The van der Waals surface area contributed by atoms with Crippen molar-refractivity contribution in [2.45, 2.75) is 18.5 Å². The smallest absolute Gasteiger partial charge is 0.241 e. The van der Waals surface area contributed by atoms with Gasteiger partial charge in [-0.15, -0.1) is 0 Å². The Kier molecular flexibility index (Phi) is 3.97. The van der Waals surface area contributed by atoms with Crippen molar-refractivity contribution in [2.24, 2.45) is 0 Å². The molecule has 2 aliphatic heterocycles. The minimum atomic E-state index is -0.958. The van der Waals surface area contributed by atoms with Crippen molar-refractivity contribution in [3.8, 4) is 11.4 Å². The summed E-state index contributed by atoms with van der Waals surface area (Å²) in [4.78, 5) is 18.3. The number of benzene rings is 1. The first-order valence-electron chi connectivity index (χ1n) is 8.06. The molecule has 1 amide bonds. The van der Waals surface area contributed by atoms with Crippen LogP contribution < -0.4 is 10.6 Å². The Bertz CT molecular complexity index is 806. The van der Waals surface area contributed by atoms with Gasteiger partial charge in [-0.25, -0.2) is 8.78 Å². The summed E-state index contributed by atoms with van der Waals surface area (Å²) >= 11 is 0. The van der Waals surface area contributed by atoms with E-state index >= 15 is 0 Å². The molecule has 1 aromatic carbocycles. The van der Waals surface area contributed by atoms with Crippen LogP contribution in [-0.2, 0) is 11.3 Å². The Morgan fingerprint density at radius 3 is 2.84 bits per heavy atom. The standard InChI is InChI=1S/C16H17F2N5O2/c17-11-2-1-10(5-12(11)18)15-21-14(25-22-15)7-23-4-3-20-13(24)6-16(23)8-19-9-16/h1-2,5,19H,3-4,6-9H2,(H,20,24). The lowest BCUT2D eigenvalue weighted by Gasteiger charge is -2.48. The van der Waals surface area contributed by atoms with Gasteiger partial charge in [0.2, 0.25) is 17.6 Å². The van der Waals surface area contributed by atoms with Crippen LogP contribution in [0.2, 0.25) is 0 Å². The zero-order valence-corrected chi connectivity index (χ0v) is 13.4. The molecule has 0 aliphatic carbocycles. The quantitative estimate of drug-likeness (QED) is 0.848. The molecule has 1 aromatic heterocycles. The Balaban J connectivity index is 1.54. The zero-order chi connectivity index (χ0) is 17.4. The molecular formula is C16H17F2N5O2. The largest absolute Gasteiger partial charge is 0.355 e. The molecule has 2 aliphatic rings. The second-order valence-electron chi connectivity index (χ2n) is 6.42. The fraction of sp³-hybridized carbons (Fsp3) is 0.438. The fourth-order valence-electron chi connectivity index (χ4n) is 3.28. The van der Waals surface area contributed by atoms with E-state index in [4.69, 9.17) is 4.52 Å². The number of nitrogens with zero attached hydrogens (tertiary/aromatic N) is 3. The number of nitrogens with one attached hydrogen (secondary N) is 2. The number of aromatic nitrogens is 2. The maximum Gasteiger partial charge on any atom is 0.241 e. The second kappa shape index (κ2) is 6.16. The van der Waals surface area contributed by atoms with Crippen molar-refractivity contribution in [1.82, 2.24) is 25.7 Å². The van der Waals surface area contributed by atoms with E-state index < -0.39 is 11.6 Å². The molecule has 0 saturated carbocycles.